The van der Waals surface area contributed by atoms with Crippen LogP contribution in [-0.2, 0) is 16.0 Å². The van der Waals surface area contributed by atoms with E-state index in [-0.39, 0.29) is 12.3 Å². The number of amides is 1. The van der Waals surface area contributed by atoms with E-state index in [1.165, 1.54) is 6.92 Å². The molecule has 18 heavy (non-hydrogen) atoms. The molecular formula is C13H17NO4. The van der Waals surface area contributed by atoms with Gasteiger partial charge >= 0.3 is 5.97 Å². The Morgan fingerprint density at radius 2 is 2.11 bits per heavy atom. The molecule has 0 aromatic heterocycles. The van der Waals surface area contributed by atoms with Crippen molar-refractivity contribution < 1.29 is 19.4 Å². The first-order valence-corrected chi connectivity index (χ1v) is 5.59. The highest BCUT2D eigenvalue weighted by molar-refractivity contribution is 5.84. The van der Waals surface area contributed by atoms with Crippen molar-refractivity contribution in [2.45, 2.75) is 26.3 Å². The molecule has 1 atom stereocenters. The second-order valence-electron chi connectivity index (χ2n) is 4.11. The van der Waals surface area contributed by atoms with Gasteiger partial charge in [0.05, 0.1) is 13.5 Å². The highest BCUT2D eigenvalue weighted by atomic mass is 16.5. The monoisotopic (exact) mass is 251 g/mol. The molecule has 5 heteroatoms. The molecule has 0 bridgehead atoms. The van der Waals surface area contributed by atoms with Gasteiger partial charge in [0.1, 0.15) is 11.8 Å². The third-order valence-electron chi connectivity index (χ3n) is 2.59. The lowest BCUT2D eigenvalue weighted by atomic mass is 10.1. The van der Waals surface area contributed by atoms with Gasteiger partial charge in [-0.05, 0) is 31.0 Å². The SMILES string of the molecule is COc1cc(CC(=O)N[C@@H](C)C(=O)O)ccc1C. The van der Waals surface area contributed by atoms with E-state index in [9.17, 15) is 9.59 Å². The van der Waals surface area contributed by atoms with Gasteiger partial charge in [0.15, 0.2) is 0 Å². The second kappa shape index (κ2) is 6.05. The maximum Gasteiger partial charge on any atom is 0.325 e. The van der Waals surface area contributed by atoms with Gasteiger partial charge in [0.2, 0.25) is 5.91 Å². The van der Waals surface area contributed by atoms with Crippen LogP contribution in [0.4, 0.5) is 0 Å². The van der Waals surface area contributed by atoms with Gasteiger partial charge in [-0.2, -0.15) is 0 Å². The molecule has 0 aliphatic carbocycles. The normalized spacial score (nSPS) is 11.7. The van der Waals surface area contributed by atoms with E-state index in [4.69, 9.17) is 9.84 Å². The number of aliphatic carboxylic acids is 1. The Balaban J connectivity index is 2.67. The number of ether oxygens (including phenoxy) is 1. The fraction of sp³-hybridized carbons (Fsp3) is 0.385. The lowest BCUT2D eigenvalue weighted by molar-refractivity contribution is -0.141. The maximum absolute atomic E-state index is 11.6. The molecule has 1 rings (SSSR count). The Hall–Kier alpha value is -2.04. The number of nitrogens with one attached hydrogen (secondary N) is 1. The van der Waals surface area contributed by atoms with Crippen molar-refractivity contribution in [3.05, 3.63) is 29.3 Å². The van der Waals surface area contributed by atoms with E-state index in [0.717, 1.165) is 11.1 Å². The van der Waals surface area contributed by atoms with E-state index in [1.54, 1.807) is 13.2 Å². The number of carboxylic acids is 1. The number of hydrogen-bond donors (Lipinski definition) is 2. The predicted octanol–water partition coefficient (Wildman–Crippen LogP) is 1.14. The molecule has 0 unspecified atom stereocenters. The highest BCUT2D eigenvalue weighted by Gasteiger charge is 2.14. The Morgan fingerprint density at radius 1 is 1.44 bits per heavy atom. The number of hydrogen-bond acceptors (Lipinski definition) is 3. The Bertz CT molecular complexity index is 456. The van der Waals surface area contributed by atoms with E-state index in [0.29, 0.717) is 5.75 Å². The van der Waals surface area contributed by atoms with Crippen LogP contribution in [0.3, 0.4) is 0 Å². The summed E-state index contributed by atoms with van der Waals surface area (Å²) in [7, 11) is 1.57. The van der Waals surface area contributed by atoms with Gasteiger partial charge in [-0.3, -0.25) is 9.59 Å². The summed E-state index contributed by atoms with van der Waals surface area (Å²) < 4.78 is 5.16. The zero-order valence-corrected chi connectivity index (χ0v) is 10.7. The van der Waals surface area contributed by atoms with Gasteiger partial charge in [-0.15, -0.1) is 0 Å². The Labute approximate surface area is 106 Å². The summed E-state index contributed by atoms with van der Waals surface area (Å²) in [5.74, 6) is -0.660. The van der Waals surface area contributed by atoms with E-state index >= 15 is 0 Å². The summed E-state index contributed by atoms with van der Waals surface area (Å²) in [6.45, 7) is 3.34. The largest absolute Gasteiger partial charge is 0.496 e. The molecule has 1 aromatic carbocycles. The van der Waals surface area contributed by atoms with Crippen LogP contribution in [0.25, 0.3) is 0 Å². The minimum absolute atomic E-state index is 0.133. The lowest BCUT2D eigenvalue weighted by Gasteiger charge is -2.10. The van der Waals surface area contributed by atoms with Crippen LogP contribution in [0.5, 0.6) is 5.75 Å². The van der Waals surface area contributed by atoms with E-state index < -0.39 is 12.0 Å². The topological polar surface area (TPSA) is 75.6 Å². The fourth-order valence-electron chi connectivity index (χ4n) is 1.51. The predicted molar refractivity (Wildman–Crippen MR) is 66.7 cm³/mol. The third-order valence-corrected chi connectivity index (χ3v) is 2.59. The van der Waals surface area contributed by atoms with Crippen LogP contribution in [0.2, 0.25) is 0 Å². The molecular weight excluding hydrogens is 234 g/mol. The molecule has 1 amide bonds. The summed E-state index contributed by atoms with van der Waals surface area (Å²) in [6, 6.07) is 4.58. The quantitative estimate of drug-likeness (QED) is 0.822. The third kappa shape index (κ3) is 3.76. The maximum atomic E-state index is 11.6. The molecule has 1 aromatic rings. The number of aryl methyl sites for hydroxylation is 1. The molecule has 5 nitrogen and oxygen atoms in total. The van der Waals surface area contributed by atoms with Gasteiger partial charge in [0.25, 0.3) is 0 Å². The fourth-order valence-corrected chi connectivity index (χ4v) is 1.51. The van der Waals surface area contributed by atoms with Crippen LogP contribution in [0.1, 0.15) is 18.1 Å². The number of carbonyl (C=O) groups is 2. The minimum Gasteiger partial charge on any atom is -0.496 e. The molecule has 0 saturated heterocycles. The van der Waals surface area contributed by atoms with Gasteiger partial charge in [-0.25, -0.2) is 0 Å². The van der Waals surface area contributed by atoms with Gasteiger partial charge in [0, 0.05) is 0 Å². The standard InChI is InChI=1S/C13H17NO4/c1-8-4-5-10(6-11(8)18-3)7-12(15)14-9(2)13(16)17/h4-6,9H,7H2,1-3H3,(H,14,15)(H,16,17)/t9-/m0/s1. The smallest absolute Gasteiger partial charge is 0.325 e. The molecule has 0 spiro atoms. The molecule has 0 heterocycles. The molecule has 0 aliphatic heterocycles. The van der Waals surface area contributed by atoms with Crippen LogP contribution in [-0.4, -0.2) is 30.1 Å². The first-order chi connectivity index (χ1) is 8.43. The first-order valence-electron chi connectivity index (χ1n) is 5.59. The minimum atomic E-state index is -1.05. The highest BCUT2D eigenvalue weighted by Crippen LogP contribution is 2.19. The number of rotatable bonds is 5. The number of carbonyl (C=O) groups excluding carboxylic acids is 1. The van der Waals surface area contributed by atoms with Crippen LogP contribution in [0.15, 0.2) is 18.2 Å². The Kier molecular flexibility index (Phi) is 4.71. The molecule has 0 aliphatic rings. The van der Waals surface area contributed by atoms with E-state index in [1.807, 2.05) is 19.1 Å². The summed E-state index contributed by atoms with van der Waals surface area (Å²) in [6.07, 6.45) is 0.133. The number of carboxylic acid groups (broad SMARTS) is 1. The molecule has 2 N–H and O–H groups in total. The van der Waals surface area contributed by atoms with Gasteiger partial charge in [-0.1, -0.05) is 12.1 Å². The van der Waals surface area contributed by atoms with Crippen molar-refractivity contribution in [1.29, 1.82) is 0 Å². The zero-order chi connectivity index (χ0) is 13.7. The average Bonchev–Trinajstić information content (AvgIpc) is 2.31. The lowest BCUT2D eigenvalue weighted by Crippen LogP contribution is -2.39. The molecule has 0 fully saturated rings. The molecule has 0 radical (unpaired) electrons. The summed E-state index contributed by atoms with van der Waals surface area (Å²) >= 11 is 0. The second-order valence-corrected chi connectivity index (χ2v) is 4.11. The Morgan fingerprint density at radius 3 is 2.67 bits per heavy atom. The summed E-state index contributed by atoms with van der Waals surface area (Å²) in [5, 5.41) is 11.1. The van der Waals surface area contributed by atoms with Crippen molar-refractivity contribution in [2.24, 2.45) is 0 Å². The van der Waals surface area contributed by atoms with Crippen molar-refractivity contribution in [2.75, 3.05) is 7.11 Å². The van der Waals surface area contributed by atoms with E-state index in [2.05, 4.69) is 5.32 Å². The van der Waals surface area contributed by atoms with Crippen LogP contribution >= 0.6 is 0 Å². The number of benzene rings is 1. The summed E-state index contributed by atoms with van der Waals surface area (Å²) in [5.41, 5.74) is 1.77. The van der Waals surface area contributed by atoms with Crippen LogP contribution < -0.4 is 10.1 Å². The average molecular weight is 251 g/mol. The zero-order valence-electron chi connectivity index (χ0n) is 10.7. The van der Waals surface area contributed by atoms with Gasteiger partial charge < -0.3 is 15.2 Å². The van der Waals surface area contributed by atoms with Crippen molar-refractivity contribution in [1.82, 2.24) is 5.32 Å². The first kappa shape index (κ1) is 14.0. The van der Waals surface area contributed by atoms with Crippen molar-refractivity contribution in [3.8, 4) is 5.75 Å². The molecule has 0 saturated carbocycles. The van der Waals surface area contributed by atoms with Crippen molar-refractivity contribution in [3.63, 3.8) is 0 Å². The van der Waals surface area contributed by atoms with Crippen LogP contribution in [0, 0.1) is 6.92 Å². The van der Waals surface area contributed by atoms with Crippen molar-refractivity contribution >= 4 is 11.9 Å². The number of methoxy groups -OCH3 is 1. The molecule has 98 valence electrons. The summed E-state index contributed by atoms with van der Waals surface area (Å²) in [4.78, 5) is 22.2.